The molecule has 0 spiro atoms. The first-order valence-corrected chi connectivity index (χ1v) is 6.65. The van der Waals surface area contributed by atoms with Crippen LogP contribution in [0.15, 0.2) is 0 Å². The Hall–Kier alpha value is -1.08. The SMILES string of the molecule is CNC(=O)C1CCCN1C1CCCCC1C#N. The van der Waals surface area contributed by atoms with Crippen molar-refractivity contribution in [3.05, 3.63) is 0 Å². The lowest BCUT2D eigenvalue weighted by molar-refractivity contribution is -0.126. The summed E-state index contributed by atoms with van der Waals surface area (Å²) in [6, 6.07) is 2.74. The van der Waals surface area contributed by atoms with Crippen LogP contribution in [-0.4, -0.2) is 36.5 Å². The first-order chi connectivity index (χ1) is 8.27. The molecular formula is C13H21N3O. The van der Waals surface area contributed by atoms with Crippen LogP contribution in [0.25, 0.3) is 0 Å². The fraction of sp³-hybridized carbons (Fsp3) is 0.846. The fourth-order valence-electron chi connectivity index (χ4n) is 3.29. The lowest BCUT2D eigenvalue weighted by Crippen LogP contribution is -2.50. The Kier molecular flexibility index (Phi) is 4.01. The van der Waals surface area contributed by atoms with Gasteiger partial charge >= 0.3 is 0 Å². The van der Waals surface area contributed by atoms with Gasteiger partial charge in [0.15, 0.2) is 0 Å². The summed E-state index contributed by atoms with van der Waals surface area (Å²) >= 11 is 0. The van der Waals surface area contributed by atoms with Crippen molar-refractivity contribution in [1.29, 1.82) is 5.26 Å². The number of nitrogens with zero attached hydrogens (tertiary/aromatic N) is 2. The van der Waals surface area contributed by atoms with Gasteiger partial charge < -0.3 is 5.32 Å². The molecule has 17 heavy (non-hydrogen) atoms. The van der Waals surface area contributed by atoms with Crippen molar-refractivity contribution in [3.8, 4) is 6.07 Å². The maximum absolute atomic E-state index is 11.8. The molecule has 3 unspecified atom stereocenters. The summed E-state index contributed by atoms with van der Waals surface area (Å²) in [4.78, 5) is 14.1. The van der Waals surface area contributed by atoms with Gasteiger partial charge in [0.05, 0.1) is 18.0 Å². The molecule has 1 saturated carbocycles. The van der Waals surface area contributed by atoms with Crippen LogP contribution in [0.2, 0.25) is 0 Å². The number of carbonyl (C=O) groups is 1. The third-order valence-electron chi connectivity index (χ3n) is 4.16. The van der Waals surface area contributed by atoms with Crippen LogP contribution >= 0.6 is 0 Å². The second-order valence-corrected chi connectivity index (χ2v) is 5.10. The topological polar surface area (TPSA) is 56.1 Å². The zero-order valence-electron chi connectivity index (χ0n) is 10.5. The molecule has 0 aromatic heterocycles. The van der Waals surface area contributed by atoms with E-state index in [4.69, 9.17) is 0 Å². The van der Waals surface area contributed by atoms with E-state index < -0.39 is 0 Å². The van der Waals surface area contributed by atoms with Crippen molar-refractivity contribution in [2.24, 2.45) is 5.92 Å². The van der Waals surface area contributed by atoms with Crippen molar-refractivity contribution in [3.63, 3.8) is 0 Å². The molecule has 2 fully saturated rings. The van der Waals surface area contributed by atoms with Crippen LogP contribution in [0.5, 0.6) is 0 Å². The Bertz CT molecular complexity index is 323. The summed E-state index contributed by atoms with van der Waals surface area (Å²) in [5, 5.41) is 12.0. The van der Waals surface area contributed by atoms with E-state index in [0.29, 0.717) is 6.04 Å². The second-order valence-electron chi connectivity index (χ2n) is 5.10. The number of nitrogens with one attached hydrogen (secondary N) is 1. The number of hydrogen-bond donors (Lipinski definition) is 1. The van der Waals surface area contributed by atoms with Gasteiger partial charge in [0, 0.05) is 13.1 Å². The lowest BCUT2D eigenvalue weighted by Gasteiger charge is -2.37. The van der Waals surface area contributed by atoms with Crippen LogP contribution in [-0.2, 0) is 4.79 Å². The van der Waals surface area contributed by atoms with E-state index in [1.54, 1.807) is 7.05 Å². The third kappa shape index (κ3) is 2.44. The summed E-state index contributed by atoms with van der Waals surface area (Å²) in [5.41, 5.74) is 0. The number of rotatable bonds is 2. The molecule has 1 saturated heterocycles. The zero-order valence-corrected chi connectivity index (χ0v) is 10.5. The van der Waals surface area contributed by atoms with Crippen molar-refractivity contribution < 1.29 is 4.79 Å². The van der Waals surface area contributed by atoms with Crippen molar-refractivity contribution in [1.82, 2.24) is 10.2 Å². The number of hydrogen-bond acceptors (Lipinski definition) is 3. The highest BCUT2D eigenvalue weighted by Crippen LogP contribution is 2.32. The normalized spacial score (nSPS) is 34.2. The van der Waals surface area contributed by atoms with Gasteiger partial charge in [0.1, 0.15) is 0 Å². The Balaban J connectivity index is 2.09. The maximum atomic E-state index is 11.8. The molecule has 1 aliphatic heterocycles. The van der Waals surface area contributed by atoms with E-state index in [2.05, 4.69) is 16.3 Å². The van der Waals surface area contributed by atoms with E-state index in [1.165, 1.54) is 6.42 Å². The van der Waals surface area contributed by atoms with Crippen LogP contribution in [0.4, 0.5) is 0 Å². The summed E-state index contributed by atoms with van der Waals surface area (Å²) < 4.78 is 0. The summed E-state index contributed by atoms with van der Waals surface area (Å²) in [6.45, 7) is 0.973. The van der Waals surface area contributed by atoms with E-state index >= 15 is 0 Å². The lowest BCUT2D eigenvalue weighted by atomic mass is 9.84. The molecule has 0 aromatic rings. The van der Waals surface area contributed by atoms with Crippen LogP contribution in [0.3, 0.4) is 0 Å². The predicted molar refractivity (Wildman–Crippen MR) is 65.2 cm³/mol. The number of nitriles is 1. The first kappa shape index (κ1) is 12.4. The smallest absolute Gasteiger partial charge is 0.237 e. The van der Waals surface area contributed by atoms with Gasteiger partial charge in [0.2, 0.25) is 5.91 Å². The Labute approximate surface area is 103 Å². The van der Waals surface area contributed by atoms with E-state index in [0.717, 1.165) is 38.6 Å². The van der Waals surface area contributed by atoms with Gasteiger partial charge in [0.25, 0.3) is 0 Å². The molecule has 2 aliphatic rings. The average Bonchev–Trinajstić information content (AvgIpc) is 2.86. The van der Waals surface area contributed by atoms with Crippen molar-refractivity contribution >= 4 is 5.91 Å². The standard InChI is InChI=1S/C13H21N3O/c1-15-13(17)12-7-4-8-16(12)11-6-3-2-5-10(11)9-14/h10-12H,2-8H2,1H3,(H,15,17). The minimum atomic E-state index is -0.000972. The minimum Gasteiger partial charge on any atom is -0.358 e. The highest BCUT2D eigenvalue weighted by Gasteiger charge is 2.39. The first-order valence-electron chi connectivity index (χ1n) is 6.65. The van der Waals surface area contributed by atoms with Gasteiger partial charge in [-0.1, -0.05) is 12.8 Å². The minimum absolute atomic E-state index is 0.000972. The van der Waals surface area contributed by atoms with Crippen LogP contribution in [0, 0.1) is 17.2 Å². The number of likely N-dealkylation sites (tertiary alicyclic amines) is 1. The van der Waals surface area contributed by atoms with Crippen molar-refractivity contribution in [2.45, 2.75) is 50.6 Å². The Morgan fingerprint density at radius 3 is 2.76 bits per heavy atom. The quantitative estimate of drug-likeness (QED) is 0.784. The average molecular weight is 235 g/mol. The van der Waals surface area contributed by atoms with Gasteiger partial charge in [-0.25, -0.2) is 0 Å². The van der Waals surface area contributed by atoms with Gasteiger partial charge in [-0.15, -0.1) is 0 Å². The Morgan fingerprint density at radius 1 is 1.29 bits per heavy atom. The second kappa shape index (κ2) is 5.50. The third-order valence-corrected chi connectivity index (χ3v) is 4.16. The van der Waals surface area contributed by atoms with E-state index in [9.17, 15) is 10.1 Å². The molecule has 1 heterocycles. The molecule has 1 aliphatic carbocycles. The molecule has 3 atom stereocenters. The highest BCUT2D eigenvalue weighted by atomic mass is 16.2. The van der Waals surface area contributed by atoms with Gasteiger partial charge in [-0.3, -0.25) is 9.69 Å². The van der Waals surface area contributed by atoms with E-state index in [1.807, 2.05) is 0 Å². The molecule has 4 heteroatoms. The monoisotopic (exact) mass is 235 g/mol. The van der Waals surface area contributed by atoms with Gasteiger partial charge in [-0.05, 0) is 32.2 Å². The Morgan fingerprint density at radius 2 is 2.06 bits per heavy atom. The predicted octanol–water partition coefficient (Wildman–Crippen LogP) is 1.28. The molecule has 0 bridgehead atoms. The van der Waals surface area contributed by atoms with Crippen LogP contribution in [0.1, 0.15) is 38.5 Å². The molecule has 1 N–H and O–H groups in total. The largest absolute Gasteiger partial charge is 0.358 e. The maximum Gasteiger partial charge on any atom is 0.237 e. The molecule has 4 nitrogen and oxygen atoms in total. The summed E-state index contributed by atoms with van der Waals surface area (Å²) in [6.07, 6.45) is 6.44. The number of likely N-dealkylation sites (N-methyl/N-ethyl adjacent to an activating group) is 1. The number of amides is 1. The van der Waals surface area contributed by atoms with Gasteiger partial charge in [-0.2, -0.15) is 5.26 Å². The van der Waals surface area contributed by atoms with Crippen LogP contribution < -0.4 is 5.32 Å². The number of carbonyl (C=O) groups excluding carboxylic acids is 1. The highest BCUT2D eigenvalue weighted by molar-refractivity contribution is 5.81. The summed E-state index contributed by atoms with van der Waals surface area (Å²) in [5.74, 6) is 0.235. The zero-order chi connectivity index (χ0) is 12.3. The van der Waals surface area contributed by atoms with E-state index in [-0.39, 0.29) is 17.9 Å². The molecule has 0 aromatic carbocycles. The van der Waals surface area contributed by atoms with Crippen molar-refractivity contribution in [2.75, 3.05) is 13.6 Å². The molecule has 94 valence electrons. The molecular weight excluding hydrogens is 214 g/mol. The molecule has 1 amide bonds. The molecule has 2 rings (SSSR count). The summed E-state index contributed by atoms with van der Waals surface area (Å²) in [7, 11) is 1.70. The fourth-order valence-corrected chi connectivity index (χ4v) is 3.29. The molecule has 0 radical (unpaired) electrons.